The number of carbonyl (C=O) groups excluding carboxylic acids is 4. The summed E-state index contributed by atoms with van der Waals surface area (Å²) < 4.78 is 22.2. The number of halogens is 1. The predicted octanol–water partition coefficient (Wildman–Crippen LogP) is 7.73. The van der Waals surface area contributed by atoms with Crippen LogP contribution < -0.4 is 10.1 Å². The van der Waals surface area contributed by atoms with Crippen molar-refractivity contribution in [2.24, 2.45) is 0 Å². The number of esters is 2. The molecule has 5 aromatic rings. The fourth-order valence-corrected chi connectivity index (χ4v) is 5.92. The highest BCUT2D eigenvalue weighted by atomic mass is 35.5. The molecule has 6 rings (SSSR count). The molecule has 0 saturated carbocycles. The highest BCUT2D eigenvalue weighted by Crippen LogP contribution is 2.39. The average Bonchev–Trinajstić information content (AvgIpc) is 3.53. The molecule has 1 aliphatic rings. The molecule has 0 aromatic heterocycles. The van der Waals surface area contributed by atoms with Crippen LogP contribution in [0.2, 0.25) is 0 Å². The van der Waals surface area contributed by atoms with E-state index in [0.29, 0.717) is 5.56 Å². The minimum absolute atomic E-state index is 0.0438. The summed E-state index contributed by atoms with van der Waals surface area (Å²) in [7, 11) is 0. The Balaban J connectivity index is 1.32. The summed E-state index contributed by atoms with van der Waals surface area (Å²) in [6.07, 6.45) is 1.18. The Morgan fingerprint density at radius 3 is 2.18 bits per heavy atom. The first-order valence-corrected chi connectivity index (χ1v) is 16.4. The van der Waals surface area contributed by atoms with Crippen molar-refractivity contribution in [1.82, 2.24) is 5.32 Å². The van der Waals surface area contributed by atoms with E-state index >= 15 is 0 Å². The second-order valence-electron chi connectivity index (χ2n) is 11.5. The van der Waals surface area contributed by atoms with Crippen molar-refractivity contribution in [3.63, 3.8) is 0 Å². The van der Waals surface area contributed by atoms with Crippen molar-refractivity contribution >= 4 is 35.4 Å². The minimum Gasteiger partial charge on any atom is -0.481 e. The van der Waals surface area contributed by atoms with Crippen LogP contribution in [0.3, 0.4) is 0 Å². The molecule has 1 amide bonds. The molecule has 5 aromatic carbocycles. The van der Waals surface area contributed by atoms with Crippen molar-refractivity contribution in [3.8, 4) is 16.9 Å². The van der Waals surface area contributed by atoms with Crippen LogP contribution in [0.5, 0.6) is 5.75 Å². The summed E-state index contributed by atoms with van der Waals surface area (Å²) in [4.78, 5) is 52.8. The molecule has 0 aliphatic heterocycles. The number of amides is 1. The molecule has 0 radical (unpaired) electrons. The highest BCUT2D eigenvalue weighted by Gasteiger charge is 2.41. The van der Waals surface area contributed by atoms with E-state index in [1.54, 1.807) is 48.5 Å². The van der Waals surface area contributed by atoms with Gasteiger partial charge in [0.15, 0.2) is 12.4 Å². The monoisotopic (exact) mass is 701 g/mol. The van der Waals surface area contributed by atoms with Crippen molar-refractivity contribution in [1.29, 1.82) is 0 Å². The van der Waals surface area contributed by atoms with Crippen LogP contribution in [-0.2, 0) is 37.2 Å². The number of hydrogen-bond acceptors (Lipinski definition) is 8. The van der Waals surface area contributed by atoms with Crippen LogP contribution in [0, 0.1) is 0 Å². The second kappa shape index (κ2) is 15.6. The van der Waals surface area contributed by atoms with Gasteiger partial charge in [-0.25, -0.2) is 14.4 Å². The van der Waals surface area contributed by atoms with Gasteiger partial charge in [0.25, 0.3) is 5.18 Å². The number of fused-ring (bicyclic) bond motifs is 3. The number of hydrogen-bond donors (Lipinski definition) is 1. The van der Waals surface area contributed by atoms with Crippen LogP contribution in [0.1, 0.15) is 48.5 Å². The van der Waals surface area contributed by atoms with Gasteiger partial charge in [0.05, 0.1) is 11.1 Å². The van der Waals surface area contributed by atoms with Gasteiger partial charge in [-0.2, -0.15) is 0 Å². The van der Waals surface area contributed by atoms with Gasteiger partial charge in [-0.05, 0) is 82.2 Å². The molecule has 1 atom stereocenters. The van der Waals surface area contributed by atoms with Crippen molar-refractivity contribution in [2.45, 2.75) is 18.2 Å². The summed E-state index contributed by atoms with van der Waals surface area (Å²) in [6, 6.07) is 34.6. The summed E-state index contributed by atoms with van der Waals surface area (Å²) in [5.41, 5.74) is 5.77. The number of benzene rings is 5. The third-order valence-corrected chi connectivity index (χ3v) is 8.45. The second-order valence-corrected chi connectivity index (χ2v) is 12.1. The molecule has 1 unspecified atom stereocenters. The summed E-state index contributed by atoms with van der Waals surface area (Å²) in [5.74, 6) is -2.10. The number of alkyl carbamates (subject to hydrolysis) is 1. The molecule has 51 heavy (non-hydrogen) atoms. The fourth-order valence-electron chi connectivity index (χ4n) is 5.62. The molecule has 0 fully saturated rings. The number of alkyl halides is 1. The quantitative estimate of drug-likeness (QED) is 0.0247. The lowest BCUT2D eigenvalue weighted by atomic mass is 10.00. The van der Waals surface area contributed by atoms with Crippen molar-refractivity contribution in [2.75, 3.05) is 13.2 Å². The van der Waals surface area contributed by atoms with Gasteiger partial charge >= 0.3 is 18.0 Å². The highest BCUT2D eigenvalue weighted by molar-refractivity contribution is 6.24. The van der Waals surface area contributed by atoms with Crippen LogP contribution in [0.4, 0.5) is 4.79 Å². The van der Waals surface area contributed by atoms with E-state index in [0.717, 1.165) is 23.1 Å². The van der Waals surface area contributed by atoms with Crippen molar-refractivity contribution < 1.29 is 38.1 Å². The van der Waals surface area contributed by atoms with Crippen LogP contribution in [0.15, 0.2) is 134 Å². The number of carbonyl (C=O) groups is 4. The lowest BCUT2D eigenvalue weighted by molar-refractivity contribution is -0.144. The normalized spacial score (nSPS) is 12.3. The largest absolute Gasteiger partial charge is 0.481 e. The standard InChI is InChI=1S/C41H32ClNO8/c1-2-21-48-37(44)26-49-36-20-19-32(38(45)28-11-5-3-6-12-28)24-35(36)41(42,51-39(46)29-13-7-4-8-14-29)43-40(47)50-25-27-17-18-31-23-30-15-9-10-16-33(30)34(31)22-27/h2-20,22,24H,1,21,23,25-26H2,(H,43,47). The first kappa shape index (κ1) is 34.7. The lowest BCUT2D eigenvalue weighted by Crippen LogP contribution is -2.45. The molecule has 1 N–H and O–H groups in total. The Hall–Kier alpha value is -6.19. The van der Waals surface area contributed by atoms with Gasteiger partial charge in [-0.15, -0.1) is 0 Å². The number of nitrogens with one attached hydrogen (secondary N) is 1. The molecule has 0 heterocycles. The first-order valence-electron chi connectivity index (χ1n) is 16.0. The van der Waals surface area contributed by atoms with E-state index in [1.807, 2.05) is 30.3 Å². The average molecular weight is 702 g/mol. The Morgan fingerprint density at radius 2 is 1.43 bits per heavy atom. The Kier molecular flexibility index (Phi) is 10.6. The Bertz CT molecular complexity index is 2100. The molecule has 1 aliphatic carbocycles. The fraction of sp³-hybridized carbons (Fsp3) is 0.122. The van der Waals surface area contributed by atoms with Gasteiger partial charge in [0.2, 0.25) is 0 Å². The summed E-state index contributed by atoms with van der Waals surface area (Å²) >= 11 is 7.07. The Labute approximate surface area is 299 Å². The molecule has 0 bridgehead atoms. The zero-order valence-corrected chi connectivity index (χ0v) is 28.1. The zero-order valence-electron chi connectivity index (χ0n) is 27.3. The lowest BCUT2D eigenvalue weighted by Gasteiger charge is -2.29. The zero-order chi connectivity index (χ0) is 35.8. The van der Waals surface area contributed by atoms with Crippen LogP contribution in [0.25, 0.3) is 11.1 Å². The molecule has 0 spiro atoms. The molecule has 0 saturated heterocycles. The van der Waals surface area contributed by atoms with Gasteiger partial charge in [0, 0.05) is 11.1 Å². The van der Waals surface area contributed by atoms with Gasteiger partial charge in [-0.1, -0.05) is 97.6 Å². The van der Waals surface area contributed by atoms with Gasteiger partial charge < -0.3 is 18.9 Å². The maximum atomic E-state index is 13.5. The summed E-state index contributed by atoms with van der Waals surface area (Å²) in [5, 5.41) is -0.0345. The third kappa shape index (κ3) is 8.17. The van der Waals surface area contributed by atoms with Crippen LogP contribution in [-0.4, -0.2) is 37.0 Å². The molecular weight excluding hydrogens is 670 g/mol. The predicted molar refractivity (Wildman–Crippen MR) is 190 cm³/mol. The minimum atomic E-state index is -2.49. The topological polar surface area (TPSA) is 117 Å². The smallest absolute Gasteiger partial charge is 0.411 e. The van der Waals surface area contributed by atoms with Gasteiger partial charge in [-0.3, -0.25) is 10.1 Å². The Morgan fingerprint density at radius 1 is 0.745 bits per heavy atom. The van der Waals surface area contributed by atoms with E-state index in [1.165, 1.54) is 47.5 Å². The number of rotatable bonds is 13. The van der Waals surface area contributed by atoms with Crippen molar-refractivity contribution in [3.05, 3.63) is 173 Å². The van der Waals surface area contributed by atoms with E-state index in [4.69, 9.17) is 30.5 Å². The van der Waals surface area contributed by atoms with E-state index < -0.39 is 29.8 Å². The molecular formula is C41H32ClNO8. The first-order chi connectivity index (χ1) is 24.7. The van der Waals surface area contributed by atoms with E-state index in [-0.39, 0.29) is 41.4 Å². The SMILES string of the molecule is C=CCOC(=O)COc1ccc(C(=O)c2ccccc2)cc1C(Cl)(NC(=O)OCc1ccc2c(c1)-c1ccccc1C2)OC(=O)c1ccccc1. The molecule has 9 nitrogen and oxygen atoms in total. The summed E-state index contributed by atoms with van der Waals surface area (Å²) in [6.45, 7) is 2.77. The van der Waals surface area contributed by atoms with Gasteiger partial charge in [0.1, 0.15) is 19.0 Å². The molecule has 10 heteroatoms. The number of ketones is 1. The maximum Gasteiger partial charge on any atom is 0.411 e. The molecule has 256 valence electrons. The third-order valence-electron chi connectivity index (χ3n) is 8.07. The van der Waals surface area contributed by atoms with E-state index in [9.17, 15) is 19.2 Å². The van der Waals surface area contributed by atoms with E-state index in [2.05, 4.69) is 24.0 Å². The number of ether oxygens (including phenoxy) is 4. The van der Waals surface area contributed by atoms with Crippen LogP contribution >= 0.6 is 11.6 Å². The maximum absolute atomic E-state index is 13.5.